The third kappa shape index (κ3) is 6.06. The van der Waals surface area contributed by atoms with Gasteiger partial charge in [0.05, 0.1) is 0 Å². The van der Waals surface area contributed by atoms with Gasteiger partial charge in [0.25, 0.3) is 0 Å². The summed E-state index contributed by atoms with van der Waals surface area (Å²) in [5.41, 5.74) is 15.2. The van der Waals surface area contributed by atoms with Crippen molar-refractivity contribution in [2.24, 2.45) is 0 Å². The molecule has 1 aromatic heterocycles. The Bertz CT molecular complexity index is 2550. The van der Waals surface area contributed by atoms with E-state index in [9.17, 15) is 0 Å². The van der Waals surface area contributed by atoms with Crippen LogP contribution in [0.4, 0.5) is 17.1 Å². The van der Waals surface area contributed by atoms with Gasteiger partial charge in [-0.1, -0.05) is 146 Å². The van der Waals surface area contributed by atoms with Gasteiger partial charge in [-0.2, -0.15) is 0 Å². The fraction of sp³-hybridized carbons (Fsp3) is 0. The minimum absolute atomic E-state index is 0.618. The summed E-state index contributed by atoms with van der Waals surface area (Å²) in [4.78, 5) is 7.10. The van der Waals surface area contributed by atoms with Crippen LogP contribution < -0.4 is 4.90 Å². The molecule has 0 saturated carbocycles. The summed E-state index contributed by atoms with van der Waals surface area (Å²) in [6, 6.07) is 72.3. The Morgan fingerprint density at radius 3 is 1.31 bits per heavy atom. The standard InChI is InChI=1S/C49H34N2O/c1-4-14-35(15-5-1)39-30-33-47-48(34-39)52-49(50-47)38-26-24-36(25-27-38)43-20-10-12-22-45(43)46-23-13-11-21-44(46)37-28-31-42(32-29-37)51(40-16-6-2-7-17-40)41-18-8-3-9-19-41/h1-34H. The van der Waals surface area contributed by atoms with Gasteiger partial charge in [0, 0.05) is 22.6 Å². The molecule has 0 amide bonds. The highest BCUT2D eigenvalue weighted by molar-refractivity contribution is 5.92. The van der Waals surface area contributed by atoms with Gasteiger partial charge in [-0.3, -0.25) is 0 Å². The highest BCUT2D eigenvalue weighted by Crippen LogP contribution is 2.40. The minimum atomic E-state index is 0.618. The van der Waals surface area contributed by atoms with Crippen LogP contribution in [0.5, 0.6) is 0 Å². The molecule has 0 unspecified atom stereocenters. The molecule has 3 nitrogen and oxygen atoms in total. The van der Waals surface area contributed by atoms with Crippen LogP contribution in [0.25, 0.3) is 67.1 Å². The molecule has 9 rings (SSSR count). The van der Waals surface area contributed by atoms with Crippen LogP contribution in [0.15, 0.2) is 211 Å². The van der Waals surface area contributed by atoms with Crippen molar-refractivity contribution in [1.29, 1.82) is 0 Å². The number of fused-ring (bicyclic) bond motifs is 1. The van der Waals surface area contributed by atoms with Gasteiger partial charge in [-0.15, -0.1) is 0 Å². The van der Waals surface area contributed by atoms with Crippen LogP contribution in [0, 0.1) is 0 Å². The van der Waals surface area contributed by atoms with Crippen LogP contribution >= 0.6 is 0 Å². The third-order valence-electron chi connectivity index (χ3n) is 9.55. The highest BCUT2D eigenvalue weighted by Gasteiger charge is 2.16. The van der Waals surface area contributed by atoms with Crippen LogP contribution in [0.2, 0.25) is 0 Å². The Kier molecular flexibility index (Phi) is 8.20. The predicted octanol–water partition coefficient (Wildman–Crippen LogP) is 13.6. The van der Waals surface area contributed by atoms with Crippen molar-refractivity contribution in [2.45, 2.75) is 0 Å². The summed E-state index contributed by atoms with van der Waals surface area (Å²) in [7, 11) is 0. The number of anilines is 3. The zero-order valence-electron chi connectivity index (χ0n) is 28.4. The average molecular weight is 667 g/mol. The summed E-state index contributed by atoms with van der Waals surface area (Å²) in [6.45, 7) is 0. The van der Waals surface area contributed by atoms with Crippen molar-refractivity contribution in [3.8, 4) is 56.0 Å². The maximum atomic E-state index is 6.28. The Morgan fingerprint density at radius 1 is 0.327 bits per heavy atom. The van der Waals surface area contributed by atoms with Crippen LogP contribution in [0.1, 0.15) is 0 Å². The van der Waals surface area contributed by atoms with Crippen LogP contribution in [-0.2, 0) is 0 Å². The second-order valence-corrected chi connectivity index (χ2v) is 12.8. The first-order chi connectivity index (χ1) is 25.8. The van der Waals surface area contributed by atoms with Crippen LogP contribution in [-0.4, -0.2) is 4.98 Å². The first-order valence-electron chi connectivity index (χ1n) is 17.5. The summed E-state index contributed by atoms with van der Waals surface area (Å²) in [5.74, 6) is 0.618. The van der Waals surface area contributed by atoms with Crippen molar-refractivity contribution < 1.29 is 4.42 Å². The zero-order chi connectivity index (χ0) is 34.7. The van der Waals surface area contributed by atoms with Gasteiger partial charge in [-0.25, -0.2) is 4.98 Å². The molecule has 3 heteroatoms. The number of aromatic nitrogens is 1. The van der Waals surface area contributed by atoms with Gasteiger partial charge in [0.1, 0.15) is 5.52 Å². The Morgan fingerprint density at radius 2 is 0.750 bits per heavy atom. The summed E-state index contributed by atoms with van der Waals surface area (Å²) >= 11 is 0. The van der Waals surface area contributed by atoms with E-state index in [1.165, 1.54) is 22.3 Å². The number of oxazole rings is 1. The molecule has 0 bridgehead atoms. The molecule has 0 aliphatic rings. The lowest BCUT2D eigenvalue weighted by atomic mass is 9.89. The fourth-order valence-corrected chi connectivity index (χ4v) is 6.98. The second-order valence-electron chi connectivity index (χ2n) is 12.8. The number of hydrogen-bond donors (Lipinski definition) is 0. The molecule has 0 saturated heterocycles. The molecule has 246 valence electrons. The van der Waals surface area contributed by atoms with E-state index in [1.54, 1.807) is 0 Å². The molecule has 9 aromatic rings. The monoisotopic (exact) mass is 666 g/mol. The number of benzene rings is 8. The summed E-state index contributed by atoms with van der Waals surface area (Å²) in [6.07, 6.45) is 0. The largest absolute Gasteiger partial charge is 0.436 e. The molecule has 0 N–H and O–H groups in total. The first kappa shape index (κ1) is 31.0. The van der Waals surface area contributed by atoms with E-state index >= 15 is 0 Å². The van der Waals surface area contributed by atoms with E-state index in [4.69, 9.17) is 9.40 Å². The number of para-hydroxylation sites is 2. The Labute approximate surface area is 303 Å². The van der Waals surface area contributed by atoms with Gasteiger partial charge in [-0.05, 0) is 105 Å². The maximum absolute atomic E-state index is 6.28. The fourth-order valence-electron chi connectivity index (χ4n) is 6.98. The molecular weight excluding hydrogens is 633 g/mol. The van der Waals surface area contributed by atoms with Gasteiger partial charge in [0.2, 0.25) is 5.89 Å². The summed E-state index contributed by atoms with van der Waals surface area (Å²) in [5, 5.41) is 0. The molecule has 0 aliphatic carbocycles. The lowest BCUT2D eigenvalue weighted by molar-refractivity contribution is 0.620. The topological polar surface area (TPSA) is 29.3 Å². The van der Waals surface area contributed by atoms with Gasteiger partial charge >= 0.3 is 0 Å². The molecule has 0 atom stereocenters. The smallest absolute Gasteiger partial charge is 0.227 e. The quantitative estimate of drug-likeness (QED) is 0.162. The normalized spacial score (nSPS) is 11.1. The molecule has 1 heterocycles. The van der Waals surface area contributed by atoms with E-state index in [0.717, 1.165) is 56.0 Å². The number of nitrogens with zero attached hydrogens (tertiary/aromatic N) is 2. The molecule has 8 aromatic carbocycles. The van der Waals surface area contributed by atoms with Crippen LogP contribution in [0.3, 0.4) is 0 Å². The van der Waals surface area contributed by atoms with E-state index in [2.05, 4.69) is 187 Å². The van der Waals surface area contributed by atoms with Crippen molar-refractivity contribution >= 4 is 28.2 Å². The van der Waals surface area contributed by atoms with Crippen molar-refractivity contribution in [3.63, 3.8) is 0 Å². The van der Waals surface area contributed by atoms with Gasteiger partial charge in [0.15, 0.2) is 5.58 Å². The second kappa shape index (κ2) is 13.7. The molecule has 52 heavy (non-hydrogen) atoms. The highest BCUT2D eigenvalue weighted by atomic mass is 16.3. The predicted molar refractivity (Wildman–Crippen MR) is 216 cm³/mol. The van der Waals surface area contributed by atoms with E-state index < -0.39 is 0 Å². The van der Waals surface area contributed by atoms with Crippen molar-refractivity contribution in [3.05, 3.63) is 206 Å². The third-order valence-corrected chi connectivity index (χ3v) is 9.55. The maximum Gasteiger partial charge on any atom is 0.227 e. The number of rotatable bonds is 8. The Balaban J connectivity index is 1.03. The van der Waals surface area contributed by atoms with E-state index in [-0.39, 0.29) is 0 Å². The Hall–Kier alpha value is -6.97. The average Bonchev–Trinajstić information content (AvgIpc) is 3.66. The van der Waals surface area contributed by atoms with Crippen molar-refractivity contribution in [1.82, 2.24) is 4.98 Å². The lowest BCUT2D eigenvalue weighted by Crippen LogP contribution is -2.09. The summed E-state index contributed by atoms with van der Waals surface area (Å²) < 4.78 is 6.28. The minimum Gasteiger partial charge on any atom is -0.436 e. The molecule has 0 aliphatic heterocycles. The van der Waals surface area contributed by atoms with Gasteiger partial charge < -0.3 is 9.32 Å². The SMILES string of the molecule is c1ccc(-c2ccc3nc(-c4ccc(-c5ccccc5-c5ccccc5-c5ccc(N(c6ccccc6)c6ccccc6)cc5)cc4)oc3c2)cc1. The van der Waals surface area contributed by atoms with Crippen molar-refractivity contribution in [2.75, 3.05) is 4.90 Å². The van der Waals surface area contributed by atoms with E-state index in [1.807, 2.05) is 24.3 Å². The molecule has 0 radical (unpaired) electrons. The molecule has 0 fully saturated rings. The zero-order valence-corrected chi connectivity index (χ0v) is 28.4. The lowest BCUT2D eigenvalue weighted by Gasteiger charge is -2.25. The van der Waals surface area contributed by atoms with E-state index in [0.29, 0.717) is 5.89 Å². The molecule has 0 spiro atoms. The number of hydrogen-bond acceptors (Lipinski definition) is 3. The molecular formula is C49H34N2O. The first-order valence-corrected chi connectivity index (χ1v) is 17.5.